The summed E-state index contributed by atoms with van der Waals surface area (Å²) in [4.78, 5) is 15.1. The molecule has 1 fully saturated rings. The Bertz CT molecular complexity index is 1220. The van der Waals surface area contributed by atoms with E-state index in [9.17, 15) is 13.6 Å². The number of halogens is 3. The van der Waals surface area contributed by atoms with E-state index in [1.165, 1.54) is 12.1 Å². The molecule has 3 rings (SSSR count). The highest BCUT2D eigenvalue weighted by Gasteiger charge is 2.24. The van der Waals surface area contributed by atoms with Gasteiger partial charge in [0, 0.05) is 47.9 Å². The fourth-order valence-corrected chi connectivity index (χ4v) is 5.05. The molecule has 240 valence electrons. The molecule has 0 unspecified atom stereocenters. The van der Waals surface area contributed by atoms with E-state index >= 15 is 0 Å². The van der Waals surface area contributed by atoms with Gasteiger partial charge in [-0.25, -0.2) is 13.5 Å². The summed E-state index contributed by atoms with van der Waals surface area (Å²) < 4.78 is 28.3. The van der Waals surface area contributed by atoms with Crippen LogP contribution >= 0.6 is 11.6 Å². The molecule has 0 spiro atoms. The zero-order valence-electron chi connectivity index (χ0n) is 27.8. The lowest BCUT2D eigenvalue weighted by molar-refractivity contribution is -0.119. The van der Waals surface area contributed by atoms with E-state index < -0.39 is 11.6 Å². The van der Waals surface area contributed by atoms with E-state index in [2.05, 4.69) is 50.3 Å². The highest BCUT2D eigenvalue weighted by Crippen LogP contribution is 2.31. The molecule has 0 saturated carbocycles. The summed E-state index contributed by atoms with van der Waals surface area (Å²) in [6, 6.07) is 5.94. The standard InChI is InChI=1S/C18H24ClN3O.C15H23F2N.C2H6/c1-5-13(2)10-17(15(4)19)22-18(11-14(3)20-22)16-6-8-21(12-23)9-7-16;1-5-9-18(15(2,3)4)10-8-12-6-7-13(16)11-14(12)17;1-2/h5,10-12,16H,1,6-9H2,2-4H3;6-7,11H,5,8-10H2,1-4H3;1-2H3/b13-10-,17-15-;;. The van der Waals surface area contributed by atoms with E-state index in [1.807, 2.05) is 50.3 Å². The van der Waals surface area contributed by atoms with Crippen LogP contribution in [0.2, 0.25) is 0 Å². The Hall–Kier alpha value is -2.77. The number of aromatic nitrogens is 2. The minimum absolute atomic E-state index is 0.0759. The number of amides is 1. The number of allylic oxidation sites excluding steroid dienone is 5. The Morgan fingerprint density at radius 2 is 1.77 bits per heavy atom. The van der Waals surface area contributed by atoms with Crippen molar-refractivity contribution in [2.45, 2.75) is 99.5 Å². The number of piperidine rings is 1. The zero-order valence-corrected chi connectivity index (χ0v) is 28.6. The third-order valence-electron chi connectivity index (χ3n) is 7.33. The first-order valence-corrected chi connectivity index (χ1v) is 15.8. The van der Waals surface area contributed by atoms with Crippen molar-refractivity contribution in [3.8, 4) is 0 Å². The summed E-state index contributed by atoms with van der Waals surface area (Å²) in [5.74, 6) is -0.575. The fraction of sp³-hybridized carbons (Fsp3) is 0.543. The average molecular weight is 619 g/mol. The molecule has 8 heteroatoms. The van der Waals surface area contributed by atoms with Crippen molar-refractivity contribution in [2.24, 2.45) is 0 Å². The van der Waals surface area contributed by atoms with Crippen LogP contribution in [0, 0.1) is 18.6 Å². The number of rotatable bonds is 10. The first-order valence-electron chi connectivity index (χ1n) is 15.4. The van der Waals surface area contributed by atoms with Gasteiger partial charge in [-0.2, -0.15) is 5.10 Å². The molecule has 1 aromatic carbocycles. The van der Waals surface area contributed by atoms with Crippen molar-refractivity contribution < 1.29 is 13.6 Å². The van der Waals surface area contributed by atoms with Crippen LogP contribution in [0.3, 0.4) is 0 Å². The number of nitrogens with zero attached hydrogens (tertiary/aromatic N) is 4. The van der Waals surface area contributed by atoms with Gasteiger partial charge in [0.05, 0.1) is 11.4 Å². The molecule has 0 atom stereocenters. The summed E-state index contributed by atoms with van der Waals surface area (Å²) in [7, 11) is 0. The highest BCUT2D eigenvalue weighted by atomic mass is 35.5. The van der Waals surface area contributed by atoms with Gasteiger partial charge in [0.15, 0.2) is 0 Å². The number of likely N-dealkylation sites (tertiary alicyclic amines) is 1. The quantitative estimate of drug-likeness (QED) is 0.197. The van der Waals surface area contributed by atoms with E-state index in [1.54, 1.807) is 6.08 Å². The Kier molecular flexibility index (Phi) is 16.7. The molecule has 1 saturated heterocycles. The van der Waals surface area contributed by atoms with Crippen molar-refractivity contribution in [3.63, 3.8) is 0 Å². The molecule has 0 N–H and O–H groups in total. The van der Waals surface area contributed by atoms with Crippen LogP contribution in [0.15, 0.2) is 53.6 Å². The molecule has 1 aliphatic rings. The Labute approximate surface area is 264 Å². The van der Waals surface area contributed by atoms with E-state index in [0.29, 0.717) is 22.9 Å². The SMILES string of the molecule is C=C/C(C)=C\C(=C(/C)Cl)n1nc(C)cc1C1CCN(C=O)CC1.CC.CCCN(CCc1ccc(F)cc1F)C(C)(C)C. The van der Waals surface area contributed by atoms with Crippen molar-refractivity contribution in [3.05, 3.63) is 82.2 Å². The van der Waals surface area contributed by atoms with Crippen LogP contribution in [-0.2, 0) is 11.2 Å². The summed E-state index contributed by atoms with van der Waals surface area (Å²) in [6.45, 7) is 25.6. The number of hydrogen-bond acceptors (Lipinski definition) is 3. The molecule has 0 aliphatic carbocycles. The summed E-state index contributed by atoms with van der Waals surface area (Å²) in [6.07, 6.45) is 8.32. The molecule has 2 aromatic rings. The molecule has 0 bridgehead atoms. The Morgan fingerprint density at radius 1 is 1.14 bits per heavy atom. The van der Waals surface area contributed by atoms with Crippen LogP contribution in [0.5, 0.6) is 0 Å². The number of aryl methyl sites for hydroxylation is 1. The zero-order chi connectivity index (χ0) is 32.7. The van der Waals surface area contributed by atoms with Crippen LogP contribution < -0.4 is 0 Å². The van der Waals surface area contributed by atoms with Gasteiger partial charge in [0.1, 0.15) is 11.6 Å². The van der Waals surface area contributed by atoms with Gasteiger partial charge in [-0.15, -0.1) is 0 Å². The van der Waals surface area contributed by atoms with Crippen molar-refractivity contribution in [1.82, 2.24) is 19.6 Å². The summed E-state index contributed by atoms with van der Waals surface area (Å²) in [5, 5.41) is 5.34. The van der Waals surface area contributed by atoms with E-state index in [4.69, 9.17) is 11.6 Å². The van der Waals surface area contributed by atoms with Crippen LogP contribution in [0.4, 0.5) is 8.78 Å². The average Bonchev–Trinajstić information content (AvgIpc) is 3.36. The first-order chi connectivity index (χ1) is 20.3. The Morgan fingerprint density at radius 3 is 2.26 bits per heavy atom. The molecule has 1 aliphatic heterocycles. The van der Waals surface area contributed by atoms with Crippen LogP contribution in [0.25, 0.3) is 5.70 Å². The maximum absolute atomic E-state index is 13.5. The maximum atomic E-state index is 13.5. The molecule has 43 heavy (non-hydrogen) atoms. The molecule has 2 heterocycles. The number of carbonyl (C=O) groups is 1. The lowest BCUT2D eigenvalue weighted by Crippen LogP contribution is -2.43. The normalized spacial score (nSPS) is 14.8. The van der Waals surface area contributed by atoms with E-state index in [-0.39, 0.29) is 5.54 Å². The molecule has 0 radical (unpaired) electrons. The minimum atomic E-state index is -0.516. The van der Waals surface area contributed by atoms with Gasteiger partial charge >= 0.3 is 0 Å². The van der Waals surface area contributed by atoms with Crippen molar-refractivity contribution in [1.29, 1.82) is 0 Å². The minimum Gasteiger partial charge on any atom is -0.345 e. The van der Waals surface area contributed by atoms with Gasteiger partial charge in [-0.3, -0.25) is 9.69 Å². The van der Waals surface area contributed by atoms with Gasteiger partial charge in [0.25, 0.3) is 0 Å². The molecular formula is C35H53ClF2N4O. The predicted molar refractivity (Wildman–Crippen MR) is 178 cm³/mol. The number of carbonyl (C=O) groups excluding carboxylic acids is 1. The van der Waals surface area contributed by atoms with Gasteiger partial charge in [-0.1, -0.05) is 51.1 Å². The monoisotopic (exact) mass is 618 g/mol. The maximum Gasteiger partial charge on any atom is 0.209 e. The lowest BCUT2D eigenvalue weighted by Gasteiger charge is -2.35. The second-order valence-electron chi connectivity index (χ2n) is 11.7. The largest absolute Gasteiger partial charge is 0.345 e. The second-order valence-corrected chi connectivity index (χ2v) is 12.3. The Balaban J connectivity index is 0.000000418. The molecule has 1 aromatic heterocycles. The molecular weight excluding hydrogens is 566 g/mol. The fourth-order valence-electron chi connectivity index (χ4n) is 4.92. The summed E-state index contributed by atoms with van der Waals surface area (Å²) in [5.41, 5.74) is 4.71. The second kappa shape index (κ2) is 18.8. The number of benzene rings is 1. The molecule has 5 nitrogen and oxygen atoms in total. The van der Waals surface area contributed by atoms with Crippen LogP contribution in [0.1, 0.15) is 97.5 Å². The first kappa shape index (κ1) is 38.3. The van der Waals surface area contributed by atoms with Crippen molar-refractivity contribution in [2.75, 3.05) is 26.2 Å². The van der Waals surface area contributed by atoms with Crippen LogP contribution in [-0.4, -0.2) is 57.7 Å². The lowest BCUT2D eigenvalue weighted by atomic mass is 9.93. The van der Waals surface area contributed by atoms with Crippen molar-refractivity contribution >= 4 is 23.7 Å². The third-order valence-corrected chi connectivity index (χ3v) is 7.53. The smallest absolute Gasteiger partial charge is 0.209 e. The molecule has 1 amide bonds. The highest BCUT2D eigenvalue weighted by molar-refractivity contribution is 6.32. The predicted octanol–water partition coefficient (Wildman–Crippen LogP) is 9.13. The third kappa shape index (κ3) is 12.4. The summed E-state index contributed by atoms with van der Waals surface area (Å²) >= 11 is 6.33. The van der Waals surface area contributed by atoms with Gasteiger partial charge in [0.2, 0.25) is 6.41 Å². The number of hydrogen-bond donors (Lipinski definition) is 0. The topological polar surface area (TPSA) is 41.4 Å². The van der Waals surface area contributed by atoms with Gasteiger partial charge < -0.3 is 4.90 Å². The van der Waals surface area contributed by atoms with E-state index in [0.717, 1.165) is 80.6 Å². The van der Waals surface area contributed by atoms with Gasteiger partial charge in [-0.05, 0) is 103 Å².